The Morgan fingerprint density at radius 1 is 1.21 bits per heavy atom. The van der Waals surface area contributed by atoms with Gasteiger partial charge in [0.15, 0.2) is 0 Å². The third-order valence-corrected chi connectivity index (χ3v) is 9.26. The van der Waals surface area contributed by atoms with Crippen molar-refractivity contribution in [3.8, 4) is 0 Å². The first-order valence-corrected chi connectivity index (χ1v) is 11.6. The largest absolute Gasteiger partial charge is 0.395 e. The highest BCUT2D eigenvalue weighted by atomic mass is 16.6. The van der Waals surface area contributed by atoms with Crippen molar-refractivity contribution in [1.82, 2.24) is 5.32 Å². The monoisotopic (exact) mass is 396 g/mol. The third kappa shape index (κ3) is 2.90. The standard InChI is InChI=1S/C25H36N2O2/c1-16-12-20-21-5-4-17(2)24(21,3)9-7-22(20)25(15-28)10-6-18(13-23(16)25)27-29-19-8-11-26-14-19/h13,19-22,26,28H,1-2,4-12,14-15H2,3H3/t19?,20?,21?,22?,24-,25+/m1/s1. The van der Waals surface area contributed by atoms with E-state index in [0.29, 0.717) is 23.2 Å². The van der Waals surface area contributed by atoms with Gasteiger partial charge in [0.1, 0.15) is 6.10 Å². The van der Waals surface area contributed by atoms with Crippen LogP contribution in [0.1, 0.15) is 58.3 Å². The van der Waals surface area contributed by atoms with Crippen molar-refractivity contribution in [2.75, 3.05) is 19.7 Å². The molecular weight excluding hydrogens is 360 g/mol. The van der Waals surface area contributed by atoms with Gasteiger partial charge in [0.2, 0.25) is 0 Å². The second-order valence-electron chi connectivity index (χ2n) is 10.5. The van der Waals surface area contributed by atoms with Gasteiger partial charge in [-0.3, -0.25) is 0 Å². The van der Waals surface area contributed by atoms with E-state index in [0.717, 1.165) is 44.5 Å². The molecule has 1 saturated heterocycles. The second kappa shape index (κ2) is 7.09. The molecule has 158 valence electrons. The van der Waals surface area contributed by atoms with Crippen molar-refractivity contribution in [2.45, 2.75) is 64.4 Å². The lowest BCUT2D eigenvalue weighted by Gasteiger charge is -2.58. The number of oxime groups is 1. The first-order valence-electron chi connectivity index (χ1n) is 11.6. The molecule has 4 nitrogen and oxygen atoms in total. The van der Waals surface area contributed by atoms with Crippen LogP contribution < -0.4 is 5.32 Å². The smallest absolute Gasteiger partial charge is 0.141 e. The highest BCUT2D eigenvalue weighted by Crippen LogP contribution is 2.66. The van der Waals surface area contributed by atoms with Crippen molar-refractivity contribution < 1.29 is 9.94 Å². The maximum absolute atomic E-state index is 10.7. The Bertz CT molecular complexity index is 778. The number of nitrogens with one attached hydrogen (secondary N) is 1. The molecule has 0 amide bonds. The number of aliphatic hydroxyl groups excluding tert-OH is 1. The summed E-state index contributed by atoms with van der Waals surface area (Å²) in [4.78, 5) is 5.79. The molecule has 4 heteroatoms. The fourth-order valence-electron chi connectivity index (χ4n) is 7.48. The minimum absolute atomic E-state index is 0.140. The van der Waals surface area contributed by atoms with Crippen molar-refractivity contribution in [3.05, 3.63) is 36.0 Å². The average Bonchev–Trinajstić information content (AvgIpc) is 3.35. The van der Waals surface area contributed by atoms with Crippen LogP contribution in [0.15, 0.2) is 41.1 Å². The van der Waals surface area contributed by atoms with Gasteiger partial charge in [0, 0.05) is 18.4 Å². The van der Waals surface area contributed by atoms with E-state index in [1.165, 1.54) is 42.4 Å². The minimum atomic E-state index is -0.140. The molecule has 4 fully saturated rings. The lowest BCUT2D eigenvalue weighted by Crippen LogP contribution is -2.52. The van der Waals surface area contributed by atoms with E-state index in [1.54, 1.807) is 0 Å². The zero-order chi connectivity index (χ0) is 20.2. The van der Waals surface area contributed by atoms with Crippen molar-refractivity contribution in [1.29, 1.82) is 0 Å². The molecule has 4 aliphatic carbocycles. The molecule has 2 N–H and O–H groups in total. The molecule has 4 unspecified atom stereocenters. The van der Waals surface area contributed by atoms with Gasteiger partial charge in [-0.05, 0) is 86.3 Å². The normalized spacial score (nSPS) is 45.6. The Morgan fingerprint density at radius 3 is 2.83 bits per heavy atom. The van der Waals surface area contributed by atoms with E-state index < -0.39 is 0 Å². The first kappa shape index (κ1) is 19.6. The number of allylic oxidation sites excluding steroid dienone is 3. The zero-order valence-corrected chi connectivity index (χ0v) is 17.9. The fourth-order valence-corrected chi connectivity index (χ4v) is 7.48. The molecule has 5 aliphatic rings. The van der Waals surface area contributed by atoms with Gasteiger partial charge in [-0.25, -0.2) is 0 Å². The summed E-state index contributed by atoms with van der Waals surface area (Å²) in [6.07, 6.45) is 11.2. The van der Waals surface area contributed by atoms with E-state index in [-0.39, 0.29) is 18.1 Å². The molecule has 1 heterocycles. The molecule has 29 heavy (non-hydrogen) atoms. The molecule has 0 spiro atoms. The van der Waals surface area contributed by atoms with E-state index in [9.17, 15) is 5.11 Å². The van der Waals surface area contributed by atoms with Crippen LogP contribution in [0, 0.1) is 28.6 Å². The number of hydrogen-bond donors (Lipinski definition) is 2. The summed E-state index contributed by atoms with van der Waals surface area (Å²) in [7, 11) is 0. The van der Waals surface area contributed by atoms with Crippen molar-refractivity contribution in [3.63, 3.8) is 0 Å². The Balaban J connectivity index is 1.44. The number of nitrogens with zero attached hydrogens (tertiary/aromatic N) is 1. The quantitative estimate of drug-likeness (QED) is 0.550. The number of hydrogen-bond acceptors (Lipinski definition) is 4. The maximum Gasteiger partial charge on any atom is 0.141 e. The minimum Gasteiger partial charge on any atom is -0.395 e. The molecule has 3 saturated carbocycles. The van der Waals surface area contributed by atoms with Crippen LogP contribution >= 0.6 is 0 Å². The Kier molecular flexibility index (Phi) is 4.78. The summed E-state index contributed by atoms with van der Waals surface area (Å²) in [5.74, 6) is 1.88. The van der Waals surface area contributed by atoms with Gasteiger partial charge in [-0.1, -0.05) is 36.4 Å². The molecular formula is C25H36N2O2. The van der Waals surface area contributed by atoms with Crippen LogP contribution in [0.25, 0.3) is 0 Å². The third-order valence-electron chi connectivity index (χ3n) is 9.26. The second-order valence-corrected chi connectivity index (χ2v) is 10.5. The molecule has 5 rings (SSSR count). The summed E-state index contributed by atoms with van der Waals surface area (Å²) < 4.78 is 0. The Labute approximate surface area is 175 Å². The highest BCUT2D eigenvalue weighted by Gasteiger charge is 2.59. The summed E-state index contributed by atoms with van der Waals surface area (Å²) in [6.45, 7) is 13.5. The number of fused-ring (bicyclic) bond motifs is 5. The van der Waals surface area contributed by atoms with E-state index in [2.05, 4.69) is 36.6 Å². The lowest BCUT2D eigenvalue weighted by molar-refractivity contribution is -0.0419. The van der Waals surface area contributed by atoms with Gasteiger partial charge in [0.05, 0.1) is 12.3 Å². The fraction of sp³-hybridized carbons (Fsp3) is 0.720. The van der Waals surface area contributed by atoms with Crippen molar-refractivity contribution in [2.24, 2.45) is 33.7 Å². The topological polar surface area (TPSA) is 53.9 Å². The van der Waals surface area contributed by atoms with E-state index in [4.69, 9.17) is 4.84 Å². The lowest BCUT2D eigenvalue weighted by atomic mass is 9.46. The van der Waals surface area contributed by atoms with Crippen LogP contribution in [-0.2, 0) is 4.84 Å². The van der Waals surface area contributed by atoms with Gasteiger partial charge < -0.3 is 15.3 Å². The first-order chi connectivity index (χ1) is 14.0. The van der Waals surface area contributed by atoms with Gasteiger partial charge >= 0.3 is 0 Å². The number of aliphatic hydroxyl groups is 1. The summed E-state index contributed by atoms with van der Waals surface area (Å²) in [5.41, 5.74) is 5.12. The average molecular weight is 397 g/mol. The molecule has 0 aromatic rings. The molecule has 0 aromatic carbocycles. The van der Waals surface area contributed by atoms with Crippen LogP contribution in [0.3, 0.4) is 0 Å². The van der Waals surface area contributed by atoms with Gasteiger partial charge in [0.25, 0.3) is 0 Å². The summed E-state index contributed by atoms with van der Waals surface area (Å²) in [5, 5.41) is 18.5. The van der Waals surface area contributed by atoms with Gasteiger partial charge in [-0.2, -0.15) is 0 Å². The predicted molar refractivity (Wildman–Crippen MR) is 117 cm³/mol. The number of rotatable bonds is 3. The predicted octanol–water partition coefficient (Wildman–Crippen LogP) is 4.38. The van der Waals surface area contributed by atoms with E-state index in [1.807, 2.05) is 0 Å². The van der Waals surface area contributed by atoms with E-state index >= 15 is 0 Å². The maximum atomic E-state index is 10.7. The zero-order valence-electron chi connectivity index (χ0n) is 17.9. The highest BCUT2D eigenvalue weighted by molar-refractivity contribution is 5.97. The Morgan fingerprint density at radius 2 is 2.07 bits per heavy atom. The SMILES string of the molecule is C=C1CC2C(CC[C@]3(C)C(=C)CCC23)[C@@]2(CO)CCC(=NOC3CCNC3)C=C12. The molecule has 1 aliphatic heterocycles. The Hall–Kier alpha value is -1.39. The van der Waals surface area contributed by atoms with Crippen LogP contribution in [0.5, 0.6) is 0 Å². The van der Waals surface area contributed by atoms with Crippen molar-refractivity contribution >= 4 is 5.71 Å². The molecule has 0 aromatic heterocycles. The van der Waals surface area contributed by atoms with Gasteiger partial charge in [-0.15, -0.1) is 0 Å². The van der Waals surface area contributed by atoms with Crippen LogP contribution in [0.4, 0.5) is 0 Å². The molecule has 0 bridgehead atoms. The summed E-state index contributed by atoms with van der Waals surface area (Å²) >= 11 is 0. The molecule has 0 radical (unpaired) electrons. The van der Waals surface area contributed by atoms with Crippen LogP contribution in [-0.4, -0.2) is 36.6 Å². The summed E-state index contributed by atoms with van der Waals surface area (Å²) in [6, 6.07) is 0. The van der Waals surface area contributed by atoms with Crippen LogP contribution in [0.2, 0.25) is 0 Å². The molecule has 6 atom stereocenters.